The van der Waals surface area contributed by atoms with E-state index in [0.29, 0.717) is 12.6 Å². The van der Waals surface area contributed by atoms with Crippen molar-refractivity contribution < 1.29 is 8.42 Å². The molecule has 3 unspecified atom stereocenters. The Morgan fingerprint density at radius 2 is 2.00 bits per heavy atom. The van der Waals surface area contributed by atoms with Gasteiger partial charge in [0.05, 0.1) is 0 Å². The summed E-state index contributed by atoms with van der Waals surface area (Å²) in [5, 5.41) is 3.34. The van der Waals surface area contributed by atoms with E-state index < -0.39 is 10.2 Å². The summed E-state index contributed by atoms with van der Waals surface area (Å²) in [7, 11) is -3.30. The lowest BCUT2D eigenvalue weighted by molar-refractivity contribution is 0.259. The summed E-state index contributed by atoms with van der Waals surface area (Å²) in [4.78, 5) is 0. The highest BCUT2D eigenvalue weighted by atomic mass is 32.2. The van der Waals surface area contributed by atoms with Gasteiger partial charge in [-0.1, -0.05) is 6.42 Å². The Morgan fingerprint density at radius 3 is 2.67 bits per heavy atom. The molecule has 2 fully saturated rings. The third-order valence-electron chi connectivity index (χ3n) is 3.99. The third-order valence-corrected chi connectivity index (χ3v) is 5.78. The van der Waals surface area contributed by atoms with Crippen LogP contribution in [-0.2, 0) is 10.2 Å². The molecule has 0 bridgehead atoms. The molecule has 0 amide bonds. The molecule has 2 aliphatic heterocycles. The molecule has 2 saturated heterocycles. The molecule has 3 atom stereocenters. The van der Waals surface area contributed by atoms with Crippen LogP contribution in [0.4, 0.5) is 0 Å². The maximum atomic E-state index is 12.4. The minimum atomic E-state index is -3.30. The Balaban J connectivity index is 1.97. The molecule has 2 aliphatic rings. The van der Waals surface area contributed by atoms with Crippen molar-refractivity contribution in [2.24, 2.45) is 0 Å². The summed E-state index contributed by atoms with van der Waals surface area (Å²) >= 11 is 0. The minimum Gasteiger partial charge on any atom is -0.314 e. The summed E-state index contributed by atoms with van der Waals surface area (Å²) in [5.41, 5.74) is 0. The van der Waals surface area contributed by atoms with Gasteiger partial charge < -0.3 is 5.32 Å². The van der Waals surface area contributed by atoms with E-state index in [9.17, 15) is 8.42 Å². The molecule has 18 heavy (non-hydrogen) atoms. The molecule has 0 aliphatic carbocycles. The summed E-state index contributed by atoms with van der Waals surface area (Å²) < 4.78 is 29.3. The van der Waals surface area contributed by atoms with E-state index in [1.54, 1.807) is 4.31 Å². The molecule has 0 aromatic heterocycles. The second kappa shape index (κ2) is 5.86. The van der Waals surface area contributed by atoms with Crippen molar-refractivity contribution in [2.75, 3.05) is 13.1 Å². The standard InChI is InChI=1S/C12H25N3O2S/c1-10-9-12(6-7-13-10)14-18(16,17)15-8-4-3-5-11(15)2/h10-14H,3-9H2,1-2H3. The van der Waals surface area contributed by atoms with Gasteiger partial charge in [-0.05, 0) is 46.1 Å². The molecule has 5 nitrogen and oxygen atoms in total. The number of hydrogen-bond donors (Lipinski definition) is 2. The quantitative estimate of drug-likeness (QED) is 0.802. The van der Waals surface area contributed by atoms with Crippen molar-refractivity contribution >= 4 is 10.2 Å². The second-order valence-corrected chi connectivity index (χ2v) is 7.31. The Bertz CT molecular complexity index is 372. The van der Waals surface area contributed by atoms with Gasteiger partial charge in [-0.25, -0.2) is 0 Å². The monoisotopic (exact) mass is 275 g/mol. The minimum absolute atomic E-state index is 0.0837. The topological polar surface area (TPSA) is 61.4 Å². The SMILES string of the molecule is CC1CC(NS(=O)(=O)N2CCCCC2C)CCN1. The number of nitrogens with one attached hydrogen (secondary N) is 2. The molecule has 0 radical (unpaired) electrons. The molecular weight excluding hydrogens is 250 g/mol. The van der Waals surface area contributed by atoms with Crippen LogP contribution in [0.2, 0.25) is 0 Å². The van der Waals surface area contributed by atoms with Crippen LogP contribution in [0, 0.1) is 0 Å². The fraction of sp³-hybridized carbons (Fsp3) is 1.00. The van der Waals surface area contributed by atoms with Crippen LogP contribution in [0.25, 0.3) is 0 Å². The highest BCUT2D eigenvalue weighted by molar-refractivity contribution is 7.87. The van der Waals surface area contributed by atoms with Crippen molar-refractivity contribution in [3.63, 3.8) is 0 Å². The first-order chi connectivity index (χ1) is 8.49. The summed E-state index contributed by atoms with van der Waals surface area (Å²) in [6.45, 7) is 5.66. The van der Waals surface area contributed by atoms with Crippen LogP contribution in [0.5, 0.6) is 0 Å². The molecule has 106 valence electrons. The molecule has 2 N–H and O–H groups in total. The molecular formula is C12H25N3O2S. The molecule has 0 spiro atoms. The first-order valence-electron chi connectivity index (χ1n) is 7.01. The normalized spacial score (nSPS) is 35.6. The summed E-state index contributed by atoms with van der Waals surface area (Å²) in [5.74, 6) is 0. The molecule has 0 aromatic rings. The van der Waals surface area contributed by atoms with Crippen LogP contribution in [0.3, 0.4) is 0 Å². The highest BCUT2D eigenvalue weighted by Crippen LogP contribution is 2.20. The van der Waals surface area contributed by atoms with E-state index in [1.807, 2.05) is 6.92 Å². The van der Waals surface area contributed by atoms with Gasteiger partial charge in [0.2, 0.25) is 0 Å². The second-order valence-electron chi connectivity index (χ2n) is 5.65. The lowest BCUT2D eigenvalue weighted by Gasteiger charge is -2.35. The van der Waals surface area contributed by atoms with Gasteiger partial charge in [0.15, 0.2) is 0 Å². The van der Waals surface area contributed by atoms with E-state index in [2.05, 4.69) is 17.0 Å². The molecule has 0 aromatic carbocycles. The van der Waals surface area contributed by atoms with Gasteiger partial charge in [0.1, 0.15) is 0 Å². The van der Waals surface area contributed by atoms with E-state index in [0.717, 1.165) is 38.6 Å². The summed E-state index contributed by atoms with van der Waals surface area (Å²) in [6.07, 6.45) is 4.85. The van der Waals surface area contributed by atoms with Gasteiger partial charge in [-0.15, -0.1) is 0 Å². The largest absolute Gasteiger partial charge is 0.314 e. The van der Waals surface area contributed by atoms with Crippen LogP contribution in [0.15, 0.2) is 0 Å². The molecule has 6 heteroatoms. The van der Waals surface area contributed by atoms with Crippen LogP contribution in [-0.4, -0.2) is 43.9 Å². The van der Waals surface area contributed by atoms with Crippen molar-refractivity contribution in [2.45, 2.75) is 64.1 Å². The first-order valence-corrected chi connectivity index (χ1v) is 8.45. The summed E-state index contributed by atoms with van der Waals surface area (Å²) in [6, 6.07) is 0.612. The maximum Gasteiger partial charge on any atom is 0.279 e. The Hall–Kier alpha value is -0.170. The highest BCUT2D eigenvalue weighted by Gasteiger charge is 2.32. The predicted octanol–water partition coefficient (Wildman–Crippen LogP) is 0.836. The number of rotatable bonds is 3. The first kappa shape index (κ1) is 14.2. The molecule has 0 saturated carbocycles. The Kier molecular flexibility index (Phi) is 4.64. The Morgan fingerprint density at radius 1 is 1.22 bits per heavy atom. The number of nitrogens with zero attached hydrogens (tertiary/aromatic N) is 1. The zero-order chi connectivity index (χ0) is 13.2. The Labute approximate surface area is 110 Å². The lowest BCUT2D eigenvalue weighted by atomic mass is 10.0. The average molecular weight is 275 g/mol. The van der Waals surface area contributed by atoms with E-state index in [4.69, 9.17) is 0 Å². The third kappa shape index (κ3) is 3.44. The van der Waals surface area contributed by atoms with E-state index in [-0.39, 0.29) is 12.1 Å². The van der Waals surface area contributed by atoms with Gasteiger partial charge in [-0.3, -0.25) is 0 Å². The van der Waals surface area contributed by atoms with Crippen LogP contribution < -0.4 is 10.0 Å². The zero-order valence-corrected chi connectivity index (χ0v) is 12.2. The van der Waals surface area contributed by atoms with Crippen molar-refractivity contribution in [1.29, 1.82) is 0 Å². The van der Waals surface area contributed by atoms with Gasteiger partial charge in [0.25, 0.3) is 10.2 Å². The van der Waals surface area contributed by atoms with Gasteiger partial charge in [0, 0.05) is 24.7 Å². The lowest BCUT2D eigenvalue weighted by Crippen LogP contribution is -2.53. The van der Waals surface area contributed by atoms with Crippen LogP contribution in [0.1, 0.15) is 46.0 Å². The average Bonchev–Trinajstić information content (AvgIpc) is 2.28. The van der Waals surface area contributed by atoms with Crippen molar-refractivity contribution in [3.8, 4) is 0 Å². The van der Waals surface area contributed by atoms with Gasteiger partial charge >= 0.3 is 0 Å². The zero-order valence-electron chi connectivity index (χ0n) is 11.4. The molecule has 2 rings (SSSR count). The van der Waals surface area contributed by atoms with Crippen molar-refractivity contribution in [1.82, 2.24) is 14.3 Å². The van der Waals surface area contributed by atoms with Crippen molar-refractivity contribution in [3.05, 3.63) is 0 Å². The fourth-order valence-electron chi connectivity index (χ4n) is 2.95. The number of piperidine rings is 2. The maximum absolute atomic E-state index is 12.4. The van der Waals surface area contributed by atoms with E-state index in [1.165, 1.54) is 0 Å². The molecule has 2 heterocycles. The predicted molar refractivity (Wildman–Crippen MR) is 72.6 cm³/mol. The van der Waals surface area contributed by atoms with E-state index >= 15 is 0 Å². The smallest absolute Gasteiger partial charge is 0.279 e. The number of hydrogen-bond acceptors (Lipinski definition) is 3. The fourth-order valence-corrected chi connectivity index (χ4v) is 4.67. The van der Waals surface area contributed by atoms with Crippen LogP contribution >= 0.6 is 0 Å². The van der Waals surface area contributed by atoms with Gasteiger partial charge in [-0.2, -0.15) is 17.4 Å².